The minimum atomic E-state index is -0.982. The van der Waals surface area contributed by atoms with Gasteiger partial charge in [-0.25, -0.2) is 8.78 Å². The first-order chi connectivity index (χ1) is 10.1. The van der Waals surface area contributed by atoms with E-state index in [1.165, 1.54) is 11.6 Å². The zero-order chi connectivity index (χ0) is 15.2. The molecular weight excluding hydrogens is 274 g/mol. The fraction of sp³-hybridized carbons (Fsp3) is 0.250. The molecule has 1 aromatic carbocycles. The first kappa shape index (κ1) is 15.1. The van der Waals surface area contributed by atoms with Crippen LogP contribution in [0.15, 0.2) is 42.7 Å². The molecule has 0 unspecified atom stereocenters. The van der Waals surface area contributed by atoms with Gasteiger partial charge in [-0.2, -0.15) is 4.57 Å². The predicted octanol–water partition coefficient (Wildman–Crippen LogP) is 2.84. The lowest BCUT2D eigenvalue weighted by molar-refractivity contribution is -0.684. The molecule has 0 atom stereocenters. The van der Waals surface area contributed by atoms with Crippen LogP contribution in [-0.2, 0) is 17.8 Å². The maximum Gasteiger partial charge on any atom is 0.290 e. The number of aryl methyl sites for hydroxylation is 1. The van der Waals surface area contributed by atoms with Gasteiger partial charge in [0.2, 0.25) is 6.54 Å². The van der Waals surface area contributed by atoms with Gasteiger partial charge in [0.1, 0.15) is 0 Å². The first-order valence-corrected chi connectivity index (χ1v) is 6.81. The Morgan fingerprint density at radius 2 is 1.86 bits per heavy atom. The van der Waals surface area contributed by atoms with Crippen LogP contribution in [0.25, 0.3) is 0 Å². The highest BCUT2D eigenvalue weighted by molar-refractivity contribution is 5.89. The van der Waals surface area contributed by atoms with E-state index in [0.717, 1.165) is 25.0 Å². The van der Waals surface area contributed by atoms with Crippen LogP contribution in [0.3, 0.4) is 0 Å². The van der Waals surface area contributed by atoms with E-state index in [4.69, 9.17) is 0 Å². The molecule has 1 amide bonds. The highest BCUT2D eigenvalue weighted by Crippen LogP contribution is 2.12. The van der Waals surface area contributed by atoms with Crippen molar-refractivity contribution in [3.05, 3.63) is 59.9 Å². The quantitative estimate of drug-likeness (QED) is 0.844. The summed E-state index contributed by atoms with van der Waals surface area (Å²) >= 11 is 0. The minimum Gasteiger partial charge on any atom is -0.320 e. The van der Waals surface area contributed by atoms with Crippen LogP contribution in [-0.4, -0.2) is 5.91 Å². The summed E-state index contributed by atoms with van der Waals surface area (Å²) in [5.74, 6) is -2.22. The van der Waals surface area contributed by atoms with Crippen molar-refractivity contribution >= 4 is 11.6 Å². The molecule has 110 valence electrons. The molecule has 2 aromatic rings. The number of anilines is 1. The van der Waals surface area contributed by atoms with Crippen molar-refractivity contribution in [3.8, 4) is 0 Å². The van der Waals surface area contributed by atoms with Crippen LogP contribution >= 0.6 is 0 Å². The van der Waals surface area contributed by atoms with Crippen molar-refractivity contribution in [1.29, 1.82) is 0 Å². The molecule has 0 fully saturated rings. The van der Waals surface area contributed by atoms with Gasteiger partial charge in [0.05, 0.1) is 0 Å². The molecule has 5 heteroatoms. The lowest BCUT2D eigenvalue weighted by Crippen LogP contribution is -2.39. The number of amides is 1. The molecule has 1 N–H and O–H groups in total. The van der Waals surface area contributed by atoms with Gasteiger partial charge in [-0.3, -0.25) is 4.79 Å². The van der Waals surface area contributed by atoms with Gasteiger partial charge < -0.3 is 5.32 Å². The Morgan fingerprint density at radius 1 is 1.14 bits per heavy atom. The molecule has 0 spiro atoms. The van der Waals surface area contributed by atoms with Crippen molar-refractivity contribution in [2.45, 2.75) is 26.3 Å². The molecule has 0 aliphatic heterocycles. The summed E-state index contributed by atoms with van der Waals surface area (Å²) < 4.78 is 27.6. The second-order valence-electron chi connectivity index (χ2n) is 4.81. The number of hydrogen-bond donors (Lipinski definition) is 1. The van der Waals surface area contributed by atoms with Gasteiger partial charge in [0, 0.05) is 23.9 Å². The van der Waals surface area contributed by atoms with Crippen molar-refractivity contribution in [2.24, 2.45) is 0 Å². The standard InChI is InChI=1S/C16H16F2N2O/c1-2-3-12-6-8-20(9-7-12)11-16(21)19-13-4-5-14(17)15(18)10-13/h4-10H,2-3,11H2,1H3/p+1. The Kier molecular flexibility index (Phi) is 4.98. The molecule has 0 saturated heterocycles. The normalized spacial score (nSPS) is 10.4. The van der Waals surface area contributed by atoms with Crippen molar-refractivity contribution in [2.75, 3.05) is 5.32 Å². The molecule has 0 aliphatic rings. The largest absolute Gasteiger partial charge is 0.320 e. The number of carbonyl (C=O) groups is 1. The molecule has 1 heterocycles. The number of rotatable bonds is 5. The Balaban J connectivity index is 1.96. The van der Waals surface area contributed by atoms with Crippen molar-refractivity contribution < 1.29 is 18.1 Å². The fourth-order valence-electron chi connectivity index (χ4n) is 1.99. The van der Waals surface area contributed by atoms with E-state index in [1.807, 2.05) is 24.5 Å². The summed E-state index contributed by atoms with van der Waals surface area (Å²) in [7, 11) is 0. The summed E-state index contributed by atoms with van der Waals surface area (Å²) in [5.41, 5.74) is 1.46. The van der Waals surface area contributed by atoms with E-state index < -0.39 is 11.6 Å². The minimum absolute atomic E-state index is 0.116. The Labute approximate surface area is 122 Å². The summed E-state index contributed by atoms with van der Waals surface area (Å²) in [6, 6.07) is 7.20. The van der Waals surface area contributed by atoms with E-state index in [2.05, 4.69) is 12.2 Å². The molecule has 1 aromatic heterocycles. The van der Waals surface area contributed by atoms with Crippen molar-refractivity contribution in [3.63, 3.8) is 0 Å². The maximum absolute atomic E-state index is 13.0. The fourth-order valence-corrected chi connectivity index (χ4v) is 1.99. The SMILES string of the molecule is CCCc1cc[n+](CC(=O)Nc2ccc(F)c(F)c2)cc1. The second-order valence-corrected chi connectivity index (χ2v) is 4.81. The molecule has 3 nitrogen and oxygen atoms in total. The summed E-state index contributed by atoms with van der Waals surface area (Å²) in [6.45, 7) is 2.22. The smallest absolute Gasteiger partial charge is 0.290 e. The average molecular weight is 291 g/mol. The van der Waals surface area contributed by atoms with E-state index in [0.29, 0.717) is 0 Å². The molecule has 0 radical (unpaired) electrons. The van der Waals surface area contributed by atoms with E-state index in [-0.39, 0.29) is 18.1 Å². The Morgan fingerprint density at radius 3 is 2.48 bits per heavy atom. The molecule has 0 bridgehead atoms. The summed E-state index contributed by atoms with van der Waals surface area (Å²) in [5, 5.41) is 2.53. The lowest BCUT2D eigenvalue weighted by Gasteiger charge is -2.04. The maximum atomic E-state index is 13.0. The van der Waals surface area contributed by atoms with Crippen LogP contribution in [0.5, 0.6) is 0 Å². The summed E-state index contributed by atoms with van der Waals surface area (Å²) in [6.07, 6.45) is 5.73. The zero-order valence-electron chi connectivity index (χ0n) is 11.8. The van der Waals surface area contributed by atoms with Gasteiger partial charge in [0.25, 0.3) is 5.91 Å². The zero-order valence-corrected chi connectivity index (χ0v) is 11.8. The Hall–Kier alpha value is -2.30. The third-order valence-electron chi connectivity index (χ3n) is 3.03. The van der Waals surface area contributed by atoms with Gasteiger partial charge in [-0.15, -0.1) is 0 Å². The van der Waals surface area contributed by atoms with E-state index >= 15 is 0 Å². The molecule has 0 saturated carbocycles. The molecule has 21 heavy (non-hydrogen) atoms. The summed E-state index contributed by atoms with van der Waals surface area (Å²) in [4.78, 5) is 11.8. The predicted molar refractivity (Wildman–Crippen MR) is 75.6 cm³/mol. The van der Waals surface area contributed by atoms with Gasteiger partial charge in [0.15, 0.2) is 24.0 Å². The number of nitrogens with zero attached hydrogens (tertiary/aromatic N) is 1. The average Bonchev–Trinajstić information content (AvgIpc) is 2.45. The van der Waals surface area contributed by atoms with Crippen LogP contribution in [0.1, 0.15) is 18.9 Å². The molecule has 0 aliphatic carbocycles. The Bertz CT molecular complexity index is 627. The van der Waals surface area contributed by atoms with Crippen LogP contribution in [0, 0.1) is 11.6 Å². The third-order valence-corrected chi connectivity index (χ3v) is 3.03. The van der Waals surface area contributed by atoms with Gasteiger partial charge in [-0.05, 0) is 24.1 Å². The van der Waals surface area contributed by atoms with Crippen molar-refractivity contribution in [1.82, 2.24) is 0 Å². The lowest BCUT2D eigenvalue weighted by atomic mass is 10.2. The van der Waals surface area contributed by atoms with Crippen LogP contribution < -0.4 is 9.88 Å². The van der Waals surface area contributed by atoms with E-state index in [1.54, 1.807) is 4.57 Å². The number of hydrogen-bond acceptors (Lipinski definition) is 1. The second kappa shape index (κ2) is 6.92. The van der Waals surface area contributed by atoms with Crippen LogP contribution in [0.2, 0.25) is 0 Å². The number of benzene rings is 1. The first-order valence-electron chi connectivity index (χ1n) is 6.81. The molecule has 2 rings (SSSR count). The highest BCUT2D eigenvalue weighted by atomic mass is 19.2. The topological polar surface area (TPSA) is 33.0 Å². The number of pyridine rings is 1. The number of aromatic nitrogens is 1. The number of nitrogens with one attached hydrogen (secondary N) is 1. The monoisotopic (exact) mass is 291 g/mol. The van der Waals surface area contributed by atoms with Crippen LogP contribution in [0.4, 0.5) is 14.5 Å². The molecular formula is C16H17F2N2O+. The van der Waals surface area contributed by atoms with Gasteiger partial charge >= 0.3 is 0 Å². The number of halogens is 2. The van der Waals surface area contributed by atoms with Gasteiger partial charge in [-0.1, -0.05) is 13.3 Å². The van der Waals surface area contributed by atoms with E-state index in [9.17, 15) is 13.6 Å². The highest BCUT2D eigenvalue weighted by Gasteiger charge is 2.11. The third kappa shape index (κ3) is 4.34. The number of carbonyl (C=O) groups excluding carboxylic acids is 1.